The van der Waals surface area contributed by atoms with E-state index in [0.717, 1.165) is 19.5 Å². The van der Waals surface area contributed by atoms with Gasteiger partial charge in [-0.1, -0.05) is 24.3 Å². The van der Waals surface area contributed by atoms with Crippen molar-refractivity contribution < 1.29 is 13.2 Å². The summed E-state index contributed by atoms with van der Waals surface area (Å²) >= 11 is 0. The number of nitrogens with one attached hydrogen (secondary N) is 1. The second-order valence-electron chi connectivity index (χ2n) is 7.20. The lowest BCUT2D eigenvalue weighted by Crippen LogP contribution is -2.49. The zero-order valence-corrected chi connectivity index (χ0v) is 15.2. The molecule has 0 spiro atoms. The SMILES string of the molecule is CC(C(=O)NCC1CC(S(C)(=O)=O)C1)N1CCc2ccccc2C1. The fraction of sp³-hybridized carbons (Fsp3) is 0.611. The van der Waals surface area contributed by atoms with Crippen LogP contribution in [0.2, 0.25) is 0 Å². The Kier molecular flexibility index (Phi) is 4.97. The van der Waals surface area contributed by atoms with Crippen LogP contribution in [0.4, 0.5) is 0 Å². The highest BCUT2D eigenvalue weighted by Gasteiger charge is 2.36. The molecule has 1 aliphatic heterocycles. The highest BCUT2D eigenvalue weighted by Crippen LogP contribution is 2.32. The third kappa shape index (κ3) is 3.81. The molecule has 1 fully saturated rings. The van der Waals surface area contributed by atoms with Gasteiger partial charge < -0.3 is 5.32 Å². The monoisotopic (exact) mass is 350 g/mol. The quantitative estimate of drug-likeness (QED) is 0.871. The van der Waals surface area contributed by atoms with Crippen molar-refractivity contribution in [2.24, 2.45) is 5.92 Å². The normalized spacial score (nSPS) is 25.4. The van der Waals surface area contributed by atoms with Crippen LogP contribution in [0.3, 0.4) is 0 Å². The molecular weight excluding hydrogens is 324 g/mol. The Morgan fingerprint density at radius 2 is 1.96 bits per heavy atom. The molecule has 1 saturated carbocycles. The van der Waals surface area contributed by atoms with Crippen LogP contribution < -0.4 is 5.32 Å². The van der Waals surface area contributed by atoms with E-state index in [4.69, 9.17) is 0 Å². The second kappa shape index (κ2) is 6.84. The molecule has 1 heterocycles. The van der Waals surface area contributed by atoms with E-state index < -0.39 is 9.84 Å². The first kappa shape index (κ1) is 17.4. The van der Waals surface area contributed by atoms with Gasteiger partial charge in [-0.05, 0) is 43.2 Å². The van der Waals surface area contributed by atoms with Gasteiger partial charge in [-0.2, -0.15) is 0 Å². The predicted octanol–water partition coefficient (Wildman–Crippen LogP) is 1.37. The Bertz CT molecular complexity index is 711. The van der Waals surface area contributed by atoms with E-state index in [0.29, 0.717) is 25.3 Å². The van der Waals surface area contributed by atoms with Crippen LogP contribution in [0.1, 0.15) is 30.9 Å². The second-order valence-corrected chi connectivity index (χ2v) is 9.52. The van der Waals surface area contributed by atoms with Crippen molar-refractivity contribution in [2.45, 2.75) is 44.0 Å². The Hall–Kier alpha value is -1.40. The van der Waals surface area contributed by atoms with Crippen molar-refractivity contribution >= 4 is 15.7 Å². The molecule has 1 N–H and O–H groups in total. The van der Waals surface area contributed by atoms with Crippen molar-refractivity contribution in [3.63, 3.8) is 0 Å². The summed E-state index contributed by atoms with van der Waals surface area (Å²) in [6.07, 6.45) is 3.62. The molecule has 3 rings (SSSR count). The summed E-state index contributed by atoms with van der Waals surface area (Å²) in [5.74, 6) is 0.333. The fourth-order valence-corrected chi connectivity index (χ4v) is 4.84. The minimum absolute atomic E-state index is 0.0391. The molecule has 1 amide bonds. The first-order valence-electron chi connectivity index (χ1n) is 8.62. The van der Waals surface area contributed by atoms with E-state index >= 15 is 0 Å². The van der Waals surface area contributed by atoms with E-state index in [1.807, 2.05) is 13.0 Å². The molecule has 132 valence electrons. The number of carbonyl (C=O) groups excluding carboxylic acids is 1. The summed E-state index contributed by atoms with van der Waals surface area (Å²) in [6.45, 7) is 4.23. The number of nitrogens with zero attached hydrogens (tertiary/aromatic N) is 1. The molecule has 6 heteroatoms. The lowest BCUT2D eigenvalue weighted by Gasteiger charge is -2.35. The molecule has 0 aromatic heterocycles. The van der Waals surface area contributed by atoms with Gasteiger partial charge >= 0.3 is 0 Å². The van der Waals surface area contributed by atoms with Gasteiger partial charge in [-0.3, -0.25) is 9.69 Å². The van der Waals surface area contributed by atoms with Crippen LogP contribution in [-0.4, -0.2) is 49.9 Å². The third-order valence-corrected chi connectivity index (χ3v) is 7.05. The van der Waals surface area contributed by atoms with Crippen molar-refractivity contribution in [1.29, 1.82) is 0 Å². The molecule has 1 aromatic rings. The summed E-state index contributed by atoms with van der Waals surface area (Å²) in [4.78, 5) is 14.6. The number of hydrogen-bond acceptors (Lipinski definition) is 4. The maximum Gasteiger partial charge on any atom is 0.237 e. The summed E-state index contributed by atoms with van der Waals surface area (Å²) < 4.78 is 22.8. The Balaban J connectivity index is 1.46. The lowest BCUT2D eigenvalue weighted by molar-refractivity contribution is -0.126. The van der Waals surface area contributed by atoms with Gasteiger partial charge in [0.1, 0.15) is 9.84 Å². The van der Waals surface area contributed by atoms with Crippen molar-refractivity contribution in [3.8, 4) is 0 Å². The number of fused-ring (bicyclic) bond motifs is 1. The Labute approximate surface area is 144 Å². The van der Waals surface area contributed by atoms with E-state index in [9.17, 15) is 13.2 Å². The van der Waals surface area contributed by atoms with Gasteiger partial charge in [-0.15, -0.1) is 0 Å². The van der Waals surface area contributed by atoms with Crippen LogP contribution >= 0.6 is 0 Å². The minimum Gasteiger partial charge on any atom is -0.354 e. The van der Waals surface area contributed by atoms with Crippen molar-refractivity contribution in [1.82, 2.24) is 10.2 Å². The Morgan fingerprint density at radius 3 is 2.62 bits per heavy atom. The molecule has 0 bridgehead atoms. The van der Waals surface area contributed by atoms with E-state index in [1.54, 1.807) is 0 Å². The highest BCUT2D eigenvalue weighted by atomic mass is 32.2. The van der Waals surface area contributed by atoms with E-state index in [1.165, 1.54) is 17.4 Å². The largest absolute Gasteiger partial charge is 0.354 e. The maximum absolute atomic E-state index is 12.4. The highest BCUT2D eigenvalue weighted by molar-refractivity contribution is 7.91. The molecule has 1 unspecified atom stereocenters. The minimum atomic E-state index is -2.92. The zero-order chi connectivity index (χ0) is 17.3. The average molecular weight is 350 g/mol. The van der Waals surface area contributed by atoms with Gasteiger partial charge in [0, 0.05) is 25.9 Å². The van der Waals surface area contributed by atoms with E-state index in [-0.39, 0.29) is 17.2 Å². The number of benzene rings is 1. The van der Waals surface area contributed by atoms with Crippen molar-refractivity contribution in [2.75, 3.05) is 19.3 Å². The number of carbonyl (C=O) groups is 1. The number of hydrogen-bond donors (Lipinski definition) is 1. The molecule has 2 aliphatic rings. The van der Waals surface area contributed by atoms with Crippen LogP contribution in [0.25, 0.3) is 0 Å². The maximum atomic E-state index is 12.4. The first-order chi connectivity index (χ1) is 11.3. The molecule has 24 heavy (non-hydrogen) atoms. The summed E-state index contributed by atoms with van der Waals surface area (Å²) in [7, 11) is -2.92. The van der Waals surface area contributed by atoms with Crippen molar-refractivity contribution in [3.05, 3.63) is 35.4 Å². The molecule has 0 saturated heterocycles. The van der Waals surface area contributed by atoms with Gasteiger partial charge in [0.05, 0.1) is 11.3 Å². The summed E-state index contributed by atoms with van der Waals surface area (Å²) in [5, 5.41) is 2.79. The predicted molar refractivity (Wildman–Crippen MR) is 94.4 cm³/mol. The molecule has 5 nitrogen and oxygen atoms in total. The molecular formula is C18H26N2O3S. The van der Waals surface area contributed by atoms with Crippen LogP contribution in [0.15, 0.2) is 24.3 Å². The van der Waals surface area contributed by atoms with Crippen LogP contribution in [-0.2, 0) is 27.6 Å². The first-order valence-corrected chi connectivity index (χ1v) is 10.6. The third-order valence-electron chi connectivity index (χ3n) is 5.45. The molecule has 0 radical (unpaired) electrons. The van der Waals surface area contributed by atoms with Crippen LogP contribution in [0, 0.1) is 5.92 Å². The molecule has 1 aliphatic carbocycles. The van der Waals surface area contributed by atoms with E-state index in [2.05, 4.69) is 28.4 Å². The molecule has 1 aromatic carbocycles. The lowest BCUT2D eigenvalue weighted by atomic mass is 9.84. The van der Waals surface area contributed by atoms with Gasteiger partial charge in [-0.25, -0.2) is 8.42 Å². The summed E-state index contributed by atoms with van der Waals surface area (Å²) in [6, 6.07) is 8.23. The fourth-order valence-electron chi connectivity index (χ4n) is 3.60. The van der Waals surface area contributed by atoms with Gasteiger partial charge in [0.2, 0.25) is 5.91 Å². The zero-order valence-electron chi connectivity index (χ0n) is 14.4. The average Bonchev–Trinajstić information content (AvgIpc) is 2.50. The molecule has 1 atom stereocenters. The topological polar surface area (TPSA) is 66.5 Å². The number of rotatable bonds is 5. The Morgan fingerprint density at radius 1 is 1.29 bits per heavy atom. The number of sulfone groups is 1. The van der Waals surface area contributed by atoms with Gasteiger partial charge in [0.15, 0.2) is 0 Å². The smallest absolute Gasteiger partial charge is 0.237 e. The standard InChI is InChI=1S/C18H26N2O3S/c1-13(20-8-7-15-5-3-4-6-16(15)12-20)18(21)19-11-14-9-17(10-14)24(2,22)23/h3-6,13-14,17H,7-12H2,1-2H3,(H,19,21). The summed E-state index contributed by atoms with van der Waals surface area (Å²) in [5.41, 5.74) is 2.68. The number of amides is 1. The van der Waals surface area contributed by atoms with Gasteiger partial charge in [0.25, 0.3) is 0 Å². The van der Waals surface area contributed by atoms with Crippen LogP contribution in [0.5, 0.6) is 0 Å².